The van der Waals surface area contributed by atoms with Gasteiger partial charge in [-0.3, -0.25) is 4.90 Å². The highest BCUT2D eigenvalue weighted by molar-refractivity contribution is 6.31. The number of nitrogens with zero attached hydrogens (tertiary/aromatic N) is 4. The number of piperazine rings is 1. The first-order chi connectivity index (χ1) is 10.4. The van der Waals surface area contributed by atoms with Crippen molar-refractivity contribution < 1.29 is 5.11 Å². The number of hydrogen-bond donors (Lipinski definition) is 1. The van der Waals surface area contributed by atoms with E-state index in [4.69, 9.17) is 11.6 Å². The summed E-state index contributed by atoms with van der Waals surface area (Å²) in [6.07, 6.45) is 1.63. The molecule has 3 rings (SSSR count). The highest BCUT2D eigenvalue weighted by Crippen LogP contribution is 2.20. The maximum Gasteiger partial charge on any atom is 0.161 e. The summed E-state index contributed by atoms with van der Waals surface area (Å²) in [4.78, 5) is 13.5. The minimum Gasteiger partial charge on any atom is -0.389 e. The van der Waals surface area contributed by atoms with Gasteiger partial charge in [-0.25, -0.2) is 9.97 Å². The summed E-state index contributed by atoms with van der Waals surface area (Å²) in [6.45, 7) is 8.06. The zero-order valence-electron chi connectivity index (χ0n) is 13.0. The Kier molecular flexibility index (Phi) is 4.21. The van der Waals surface area contributed by atoms with Crippen molar-refractivity contribution >= 4 is 28.5 Å². The average molecular weight is 321 g/mol. The zero-order chi connectivity index (χ0) is 15.7. The number of fused-ring (bicyclic) bond motifs is 1. The molecule has 2 aromatic rings. The van der Waals surface area contributed by atoms with E-state index in [0.29, 0.717) is 11.6 Å². The van der Waals surface area contributed by atoms with E-state index in [9.17, 15) is 5.11 Å². The van der Waals surface area contributed by atoms with E-state index < -0.39 is 5.60 Å². The standard InChI is InChI=1S/C16H21ClN4O/c1-16(2,22)11-20-5-7-21(8-6-20)14-4-3-12-9-13(17)10-18-15(12)19-14/h3-4,9-10,22H,5-8,11H2,1-2H3. The first kappa shape index (κ1) is 15.5. The number of halogens is 1. The molecule has 1 aliphatic heterocycles. The van der Waals surface area contributed by atoms with Crippen LogP contribution in [0.25, 0.3) is 11.0 Å². The van der Waals surface area contributed by atoms with Gasteiger partial charge in [-0.15, -0.1) is 0 Å². The van der Waals surface area contributed by atoms with Gasteiger partial charge in [0.2, 0.25) is 0 Å². The van der Waals surface area contributed by atoms with Crippen LogP contribution in [-0.4, -0.2) is 58.3 Å². The van der Waals surface area contributed by atoms with Crippen LogP contribution in [0.15, 0.2) is 24.4 Å². The smallest absolute Gasteiger partial charge is 0.161 e. The van der Waals surface area contributed by atoms with Crippen molar-refractivity contribution in [2.75, 3.05) is 37.6 Å². The Morgan fingerprint density at radius 1 is 1.23 bits per heavy atom. The molecule has 1 fully saturated rings. The first-order valence-electron chi connectivity index (χ1n) is 7.53. The number of hydrogen-bond acceptors (Lipinski definition) is 5. The third-order valence-electron chi connectivity index (χ3n) is 3.80. The van der Waals surface area contributed by atoms with Crippen molar-refractivity contribution in [1.29, 1.82) is 0 Å². The van der Waals surface area contributed by atoms with Crippen molar-refractivity contribution in [3.63, 3.8) is 0 Å². The Bertz CT molecular complexity index is 663. The summed E-state index contributed by atoms with van der Waals surface area (Å²) >= 11 is 5.95. The third-order valence-corrected chi connectivity index (χ3v) is 4.01. The minimum absolute atomic E-state index is 0.627. The monoisotopic (exact) mass is 320 g/mol. The molecule has 2 aromatic heterocycles. The summed E-state index contributed by atoms with van der Waals surface area (Å²) in [7, 11) is 0. The summed E-state index contributed by atoms with van der Waals surface area (Å²) in [5, 5.41) is 11.5. The molecule has 22 heavy (non-hydrogen) atoms. The second kappa shape index (κ2) is 5.99. The third kappa shape index (κ3) is 3.66. The Morgan fingerprint density at radius 3 is 2.64 bits per heavy atom. The Hall–Kier alpha value is -1.43. The molecule has 1 N–H and O–H groups in total. The van der Waals surface area contributed by atoms with E-state index in [-0.39, 0.29) is 0 Å². The molecule has 0 aliphatic carbocycles. The van der Waals surface area contributed by atoms with Crippen molar-refractivity contribution in [1.82, 2.24) is 14.9 Å². The zero-order valence-corrected chi connectivity index (χ0v) is 13.7. The Balaban J connectivity index is 1.70. The topological polar surface area (TPSA) is 52.5 Å². The number of pyridine rings is 2. The van der Waals surface area contributed by atoms with Crippen LogP contribution >= 0.6 is 11.6 Å². The fraction of sp³-hybridized carbons (Fsp3) is 0.500. The van der Waals surface area contributed by atoms with E-state index in [1.165, 1.54) is 0 Å². The van der Waals surface area contributed by atoms with Crippen molar-refractivity contribution in [3.05, 3.63) is 29.4 Å². The fourth-order valence-electron chi connectivity index (χ4n) is 2.83. The summed E-state index contributed by atoms with van der Waals surface area (Å²) < 4.78 is 0. The van der Waals surface area contributed by atoms with Crippen LogP contribution in [0, 0.1) is 0 Å². The molecule has 0 unspecified atom stereocenters. The van der Waals surface area contributed by atoms with Gasteiger partial charge in [-0.1, -0.05) is 11.6 Å². The van der Waals surface area contributed by atoms with Gasteiger partial charge in [-0.2, -0.15) is 0 Å². The molecule has 0 bridgehead atoms. The Labute approximate surface area is 135 Å². The lowest BCUT2D eigenvalue weighted by atomic mass is 10.1. The van der Waals surface area contributed by atoms with Crippen LogP contribution in [0.4, 0.5) is 5.82 Å². The van der Waals surface area contributed by atoms with Gasteiger partial charge in [0.05, 0.1) is 10.6 Å². The second-order valence-electron chi connectivity index (χ2n) is 6.45. The second-order valence-corrected chi connectivity index (χ2v) is 6.88. The lowest BCUT2D eigenvalue weighted by Crippen LogP contribution is -2.50. The molecule has 0 saturated carbocycles. The molecule has 1 saturated heterocycles. The number of β-amino-alcohol motifs (C(OH)–C–C–N with tert-alkyl or cyclic N) is 1. The summed E-state index contributed by atoms with van der Waals surface area (Å²) in [6, 6.07) is 5.91. The molecule has 0 spiro atoms. The normalized spacial score (nSPS) is 17.2. The van der Waals surface area contributed by atoms with Gasteiger partial charge >= 0.3 is 0 Å². The molecule has 6 heteroatoms. The van der Waals surface area contributed by atoms with Crippen LogP contribution in [0.1, 0.15) is 13.8 Å². The van der Waals surface area contributed by atoms with Gasteiger partial charge in [0, 0.05) is 44.3 Å². The van der Waals surface area contributed by atoms with Crippen LogP contribution in [0.3, 0.4) is 0 Å². The lowest BCUT2D eigenvalue weighted by molar-refractivity contribution is 0.0345. The van der Waals surface area contributed by atoms with Gasteiger partial charge in [0.1, 0.15) is 5.82 Å². The molecule has 118 valence electrons. The fourth-order valence-corrected chi connectivity index (χ4v) is 3.00. The predicted molar refractivity (Wildman–Crippen MR) is 89.5 cm³/mol. The van der Waals surface area contributed by atoms with Crippen LogP contribution < -0.4 is 4.90 Å². The maximum absolute atomic E-state index is 9.91. The van der Waals surface area contributed by atoms with E-state index in [0.717, 1.165) is 43.0 Å². The molecule has 5 nitrogen and oxygen atoms in total. The number of aliphatic hydroxyl groups is 1. The molecule has 0 amide bonds. The predicted octanol–water partition coefficient (Wildman–Crippen LogP) is 2.18. The molecule has 0 atom stereocenters. The first-order valence-corrected chi connectivity index (χ1v) is 7.90. The van der Waals surface area contributed by atoms with Gasteiger partial charge in [0.25, 0.3) is 0 Å². The lowest BCUT2D eigenvalue weighted by Gasteiger charge is -2.37. The SMILES string of the molecule is CC(C)(O)CN1CCN(c2ccc3cc(Cl)cnc3n2)CC1. The van der Waals surface area contributed by atoms with Crippen molar-refractivity contribution in [2.45, 2.75) is 19.4 Å². The van der Waals surface area contributed by atoms with Crippen LogP contribution in [0.5, 0.6) is 0 Å². The quantitative estimate of drug-likeness (QED) is 0.939. The number of aromatic nitrogens is 2. The summed E-state index contributed by atoms with van der Waals surface area (Å²) in [5.74, 6) is 0.949. The molecule has 3 heterocycles. The molecular weight excluding hydrogens is 300 g/mol. The van der Waals surface area contributed by atoms with Crippen LogP contribution in [0.2, 0.25) is 5.02 Å². The van der Waals surface area contributed by atoms with E-state index >= 15 is 0 Å². The van der Waals surface area contributed by atoms with Crippen LogP contribution in [-0.2, 0) is 0 Å². The largest absolute Gasteiger partial charge is 0.389 e. The van der Waals surface area contributed by atoms with Gasteiger partial charge in [0.15, 0.2) is 5.65 Å². The molecular formula is C16H21ClN4O. The molecule has 0 radical (unpaired) electrons. The maximum atomic E-state index is 9.91. The van der Waals surface area contributed by atoms with Crippen molar-refractivity contribution in [3.8, 4) is 0 Å². The van der Waals surface area contributed by atoms with Crippen molar-refractivity contribution in [2.24, 2.45) is 0 Å². The Morgan fingerprint density at radius 2 is 1.95 bits per heavy atom. The molecule has 0 aromatic carbocycles. The molecule has 1 aliphatic rings. The highest BCUT2D eigenvalue weighted by Gasteiger charge is 2.23. The number of anilines is 1. The van der Waals surface area contributed by atoms with Gasteiger partial charge in [-0.05, 0) is 32.0 Å². The van der Waals surface area contributed by atoms with E-state index in [1.54, 1.807) is 6.20 Å². The van der Waals surface area contributed by atoms with E-state index in [1.807, 2.05) is 32.0 Å². The number of rotatable bonds is 3. The van der Waals surface area contributed by atoms with E-state index in [2.05, 4.69) is 19.8 Å². The minimum atomic E-state index is -0.646. The van der Waals surface area contributed by atoms with Gasteiger partial charge < -0.3 is 10.0 Å². The summed E-state index contributed by atoms with van der Waals surface area (Å²) in [5.41, 5.74) is 0.0767. The average Bonchev–Trinajstić information content (AvgIpc) is 2.46. The highest BCUT2D eigenvalue weighted by atomic mass is 35.5.